The summed E-state index contributed by atoms with van der Waals surface area (Å²) in [5.74, 6) is 2.27. The first-order valence-corrected chi connectivity index (χ1v) is 7.05. The van der Waals surface area contributed by atoms with E-state index in [1.807, 2.05) is 0 Å². The Morgan fingerprint density at radius 2 is 2.00 bits per heavy atom. The van der Waals surface area contributed by atoms with Crippen LogP contribution in [0.2, 0.25) is 0 Å². The first kappa shape index (κ1) is 11.1. The Morgan fingerprint density at radius 1 is 1.25 bits per heavy atom. The molecule has 2 heteroatoms. The summed E-state index contributed by atoms with van der Waals surface area (Å²) in [5.41, 5.74) is -0.0928. The van der Waals surface area contributed by atoms with Crippen molar-refractivity contribution in [1.82, 2.24) is 0 Å². The van der Waals surface area contributed by atoms with E-state index in [1.165, 1.54) is 19.3 Å². The van der Waals surface area contributed by atoms with Gasteiger partial charge in [0.15, 0.2) is 0 Å². The zero-order valence-corrected chi connectivity index (χ0v) is 11.0. The van der Waals surface area contributed by atoms with Crippen LogP contribution in [-0.4, -0.2) is 10.7 Å². The second-order valence-corrected chi connectivity index (χ2v) is 7.63. The van der Waals surface area contributed by atoms with Crippen LogP contribution in [0.15, 0.2) is 0 Å². The molecule has 0 radical (unpaired) electrons. The molecule has 3 fully saturated rings. The zero-order chi connectivity index (χ0) is 11.6. The van der Waals surface area contributed by atoms with Crippen molar-refractivity contribution < 1.29 is 4.79 Å². The van der Waals surface area contributed by atoms with Gasteiger partial charge in [0.05, 0.1) is 0 Å². The molecule has 0 N–H and O–H groups in total. The van der Waals surface area contributed by atoms with Crippen molar-refractivity contribution in [2.24, 2.45) is 23.2 Å². The second kappa shape index (κ2) is 3.25. The Balaban J connectivity index is 1.96. The molecule has 1 nitrogen and oxygen atoms in total. The van der Waals surface area contributed by atoms with E-state index in [9.17, 15) is 4.79 Å². The summed E-state index contributed by atoms with van der Waals surface area (Å²) in [5, 5.41) is 0. The van der Waals surface area contributed by atoms with Gasteiger partial charge in [0.1, 0.15) is 5.78 Å². The molecule has 0 bridgehead atoms. The fourth-order valence-corrected chi connectivity index (χ4v) is 5.32. The number of ketones is 1. The highest BCUT2D eigenvalue weighted by Gasteiger charge is 2.61. The maximum atomic E-state index is 12.6. The molecule has 90 valence electrons. The van der Waals surface area contributed by atoms with Crippen LogP contribution in [0.1, 0.15) is 52.4 Å². The molecule has 0 saturated heterocycles. The lowest BCUT2D eigenvalue weighted by Gasteiger charge is -2.43. The van der Waals surface area contributed by atoms with Crippen LogP contribution in [0.4, 0.5) is 0 Å². The van der Waals surface area contributed by atoms with Crippen molar-refractivity contribution >= 4 is 17.4 Å². The van der Waals surface area contributed by atoms with Gasteiger partial charge in [0.25, 0.3) is 0 Å². The van der Waals surface area contributed by atoms with Gasteiger partial charge in [-0.2, -0.15) is 0 Å². The van der Waals surface area contributed by atoms with Crippen LogP contribution in [0.5, 0.6) is 0 Å². The minimum atomic E-state index is -0.139. The van der Waals surface area contributed by atoms with Gasteiger partial charge in [-0.25, -0.2) is 0 Å². The highest BCUT2D eigenvalue weighted by molar-refractivity contribution is 6.24. The highest BCUT2D eigenvalue weighted by Crippen LogP contribution is 2.62. The van der Waals surface area contributed by atoms with Crippen LogP contribution in [0.25, 0.3) is 0 Å². The average Bonchev–Trinajstić information content (AvgIpc) is 2.69. The molecular formula is C14H21ClO. The third-order valence-corrected chi connectivity index (χ3v) is 5.84. The predicted octanol–water partition coefficient (Wildman–Crippen LogP) is 3.79. The number of carbonyl (C=O) groups excluding carboxylic acids is 1. The third kappa shape index (κ3) is 1.33. The molecule has 0 amide bonds. The molecule has 1 unspecified atom stereocenters. The number of rotatable bonds is 0. The van der Waals surface area contributed by atoms with Gasteiger partial charge in [-0.05, 0) is 50.9 Å². The monoisotopic (exact) mass is 240 g/mol. The fraction of sp³-hybridized carbons (Fsp3) is 0.929. The van der Waals surface area contributed by atoms with Crippen molar-refractivity contribution in [2.45, 2.75) is 57.2 Å². The summed E-state index contributed by atoms with van der Waals surface area (Å²) in [6.07, 6.45) is 6.86. The first-order valence-electron chi connectivity index (χ1n) is 6.67. The van der Waals surface area contributed by atoms with E-state index in [2.05, 4.69) is 13.8 Å². The van der Waals surface area contributed by atoms with E-state index in [0.717, 1.165) is 19.3 Å². The van der Waals surface area contributed by atoms with Crippen molar-refractivity contribution in [3.8, 4) is 0 Å². The van der Waals surface area contributed by atoms with Crippen LogP contribution >= 0.6 is 11.6 Å². The Hall–Kier alpha value is -0.0400. The van der Waals surface area contributed by atoms with Gasteiger partial charge >= 0.3 is 0 Å². The number of alkyl halides is 1. The van der Waals surface area contributed by atoms with E-state index in [4.69, 9.17) is 11.6 Å². The normalized spacial score (nSPS) is 56.2. The number of hydrogen-bond acceptors (Lipinski definition) is 1. The lowest BCUT2D eigenvalue weighted by atomic mass is 9.63. The molecule has 3 aliphatic rings. The number of fused-ring (bicyclic) bond motifs is 3. The molecule has 0 aromatic heterocycles. The Bertz CT molecular complexity index is 336. The van der Waals surface area contributed by atoms with E-state index in [0.29, 0.717) is 23.5 Å². The van der Waals surface area contributed by atoms with E-state index in [1.54, 1.807) is 0 Å². The molecular weight excluding hydrogens is 220 g/mol. The molecule has 0 aromatic carbocycles. The summed E-state index contributed by atoms with van der Waals surface area (Å²) >= 11 is 6.50. The van der Waals surface area contributed by atoms with Gasteiger partial charge in [0.2, 0.25) is 0 Å². The third-order valence-electron chi connectivity index (χ3n) is 5.52. The van der Waals surface area contributed by atoms with E-state index in [-0.39, 0.29) is 10.3 Å². The van der Waals surface area contributed by atoms with Crippen LogP contribution < -0.4 is 0 Å². The molecule has 0 spiro atoms. The van der Waals surface area contributed by atoms with E-state index >= 15 is 0 Å². The number of Topliss-reactive ketones (excluding diaryl/α,β-unsaturated/α-hetero) is 1. The first-order chi connectivity index (χ1) is 7.44. The second-order valence-electron chi connectivity index (χ2n) is 6.72. The Morgan fingerprint density at radius 3 is 2.75 bits per heavy atom. The molecule has 3 aliphatic carbocycles. The smallest absolute Gasteiger partial charge is 0.142 e. The Labute approximate surface area is 103 Å². The highest BCUT2D eigenvalue weighted by atomic mass is 35.5. The SMILES string of the molecule is CC1(Cl)CC[C@@H]2[C@H]3CCC[C@@H]3C(=O)[C@]2(C)C1. The van der Waals surface area contributed by atoms with Gasteiger partial charge in [-0.3, -0.25) is 4.79 Å². The van der Waals surface area contributed by atoms with E-state index < -0.39 is 0 Å². The molecule has 3 rings (SSSR count). The summed E-state index contributed by atoms with van der Waals surface area (Å²) in [6, 6.07) is 0. The van der Waals surface area contributed by atoms with Crippen LogP contribution in [0.3, 0.4) is 0 Å². The summed E-state index contributed by atoms with van der Waals surface area (Å²) in [4.78, 5) is 12.4. The molecule has 0 aliphatic heterocycles. The van der Waals surface area contributed by atoms with Crippen molar-refractivity contribution in [2.75, 3.05) is 0 Å². The Kier molecular flexibility index (Phi) is 2.25. The lowest BCUT2D eigenvalue weighted by Crippen LogP contribution is -2.42. The topological polar surface area (TPSA) is 17.1 Å². The number of carbonyl (C=O) groups is 1. The molecule has 0 aromatic rings. The largest absolute Gasteiger partial charge is 0.299 e. The summed E-state index contributed by atoms with van der Waals surface area (Å²) in [7, 11) is 0. The minimum absolute atomic E-state index is 0.0928. The number of halogens is 1. The quantitative estimate of drug-likeness (QED) is 0.589. The van der Waals surface area contributed by atoms with Crippen molar-refractivity contribution in [3.05, 3.63) is 0 Å². The fourth-order valence-electron chi connectivity index (χ4n) is 4.94. The van der Waals surface area contributed by atoms with Crippen molar-refractivity contribution in [3.63, 3.8) is 0 Å². The van der Waals surface area contributed by atoms with Gasteiger partial charge < -0.3 is 0 Å². The van der Waals surface area contributed by atoms with Crippen LogP contribution in [0, 0.1) is 23.2 Å². The van der Waals surface area contributed by atoms with Crippen molar-refractivity contribution in [1.29, 1.82) is 0 Å². The zero-order valence-electron chi connectivity index (χ0n) is 10.3. The predicted molar refractivity (Wildman–Crippen MR) is 65.5 cm³/mol. The maximum absolute atomic E-state index is 12.6. The van der Waals surface area contributed by atoms with Gasteiger partial charge in [-0.1, -0.05) is 13.3 Å². The minimum Gasteiger partial charge on any atom is -0.299 e. The molecule has 0 heterocycles. The molecule has 16 heavy (non-hydrogen) atoms. The van der Waals surface area contributed by atoms with Gasteiger partial charge in [0, 0.05) is 16.2 Å². The number of hydrogen-bond donors (Lipinski definition) is 0. The maximum Gasteiger partial charge on any atom is 0.142 e. The van der Waals surface area contributed by atoms with Crippen LogP contribution in [-0.2, 0) is 4.79 Å². The summed E-state index contributed by atoms with van der Waals surface area (Å²) < 4.78 is 0. The van der Waals surface area contributed by atoms with Gasteiger partial charge in [-0.15, -0.1) is 11.6 Å². The summed E-state index contributed by atoms with van der Waals surface area (Å²) in [6.45, 7) is 4.30. The average molecular weight is 241 g/mol. The lowest BCUT2D eigenvalue weighted by molar-refractivity contribution is -0.131. The standard InChI is InChI=1S/C14H21ClO/c1-13(15)7-6-11-9-4-3-5-10(9)12(16)14(11,2)8-13/h9-11H,3-8H2,1-2H3/t9-,10-,11+,13?,14+/m0/s1. The molecule has 3 saturated carbocycles. The molecule has 5 atom stereocenters.